The number of halogens is 10. The molecule has 0 saturated heterocycles. The van der Waals surface area contributed by atoms with E-state index in [1.807, 2.05) is 0 Å². The number of hydrogen-bond acceptors (Lipinski definition) is 14. The van der Waals surface area contributed by atoms with Crippen molar-refractivity contribution in [2.75, 3.05) is 49.4 Å². The zero-order valence-electron chi connectivity index (χ0n) is 37.0. The molecule has 374 valence electrons. The molecule has 0 fully saturated rings. The molecule has 0 radical (unpaired) electrons. The quantitative estimate of drug-likeness (QED) is 0.0123. The molecule has 0 spiro atoms. The summed E-state index contributed by atoms with van der Waals surface area (Å²) >= 11 is 12.3. The van der Waals surface area contributed by atoms with Crippen LogP contribution in [-0.4, -0.2) is 87.3 Å². The molecule has 0 N–H and O–H groups in total. The smallest absolute Gasteiger partial charge is 0.748 e. The number of rotatable bonds is 27. The number of benzene rings is 4. The summed E-state index contributed by atoms with van der Waals surface area (Å²) < 4.78 is 201. The van der Waals surface area contributed by atoms with E-state index >= 15 is 0 Å². The van der Waals surface area contributed by atoms with E-state index in [0.29, 0.717) is 22.6 Å². The molecular formula is C42H38Cl2F8Na2O12S4. The second-order valence-electron chi connectivity index (χ2n) is 14.2. The molecule has 4 rings (SSSR count). The normalized spacial score (nSPS) is 12.3. The number of hydrogen-bond donors (Lipinski definition) is 0. The molecule has 12 nitrogen and oxygen atoms in total. The molecule has 2 atom stereocenters. The van der Waals surface area contributed by atoms with Crippen LogP contribution >= 0.6 is 44.8 Å². The summed E-state index contributed by atoms with van der Waals surface area (Å²) in [5, 5.41) is -3.07. The Morgan fingerprint density at radius 1 is 0.514 bits per heavy atom. The number of alkyl halides is 2. The van der Waals surface area contributed by atoms with E-state index < -0.39 is 150 Å². The fraction of sp³-hybridized carbons (Fsp3) is 0.381. The average Bonchev–Trinajstić information content (AvgIpc) is 3.28. The second kappa shape index (κ2) is 30.4. The van der Waals surface area contributed by atoms with Gasteiger partial charge < -0.3 is 28.1 Å². The molecule has 0 aliphatic heterocycles. The van der Waals surface area contributed by atoms with Gasteiger partial charge in [0.2, 0.25) is 23.3 Å². The molecule has 4 aromatic carbocycles. The molecule has 28 heteroatoms. The fourth-order valence-electron chi connectivity index (χ4n) is 5.99. The van der Waals surface area contributed by atoms with Crippen molar-refractivity contribution in [2.24, 2.45) is 0 Å². The van der Waals surface area contributed by atoms with Gasteiger partial charge in [0.1, 0.15) is 13.2 Å². The van der Waals surface area contributed by atoms with Crippen molar-refractivity contribution in [3.05, 3.63) is 128 Å². The van der Waals surface area contributed by atoms with Crippen molar-refractivity contribution >= 4 is 77.0 Å². The Morgan fingerprint density at radius 3 is 1.10 bits per heavy atom. The molecule has 4 aromatic rings. The monoisotopic (exact) mass is 1130 g/mol. The Kier molecular flexibility index (Phi) is 27.8. The van der Waals surface area contributed by atoms with Crippen LogP contribution < -0.4 is 68.6 Å². The molecule has 0 aliphatic rings. The molecule has 0 aromatic heterocycles. The van der Waals surface area contributed by atoms with Gasteiger partial charge in [-0.05, 0) is 73.9 Å². The van der Waals surface area contributed by atoms with Crippen LogP contribution in [0.2, 0.25) is 0 Å². The molecule has 0 bridgehead atoms. The summed E-state index contributed by atoms with van der Waals surface area (Å²) in [7, 11) is -6.61. The van der Waals surface area contributed by atoms with Gasteiger partial charge in [0.15, 0.2) is 34.8 Å². The average molecular weight is 1130 g/mol. The number of ether oxygens (including phenoxy) is 4. The zero-order valence-corrected chi connectivity index (χ0v) is 45.8. The second-order valence-corrected chi connectivity index (χ2v) is 21.1. The summed E-state index contributed by atoms with van der Waals surface area (Å²) in [4.78, 5) is 25.0. The van der Waals surface area contributed by atoms with Crippen LogP contribution in [0.5, 0.6) is 11.5 Å². The largest absolute Gasteiger partial charge is 1.00 e. The first-order chi connectivity index (χ1) is 32.0. The van der Waals surface area contributed by atoms with E-state index in [1.54, 1.807) is 0 Å². The predicted molar refractivity (Wildman–Crippen MR) is 234 cm³/mol. The Labute approximate surface area is 460 Å². The molecular weight excluding hydrogens is 1090 g/mol. The minimum Gasteiger partial charge on any atom is -0.748 e. The van der Waals surface area contributed by atoms with Gasteiger partial charge in [-0.2, -0.15) is 17.6 Å². The molecule has 0 heterocycles. The minimum atomic E-state index is -4.65. The van der Waals surface area contributed by atoms with Crippen LogP contribution in [-0.2, 0) is 42.6 Å². The van der Waals surface area contributed by atoms with Gasteiger partial charge in [0.05, 0.1) is 55.3 Å². The van der Waals surface area contributed by atoms with Gasteiger partial charge in [0.25, 0.3) is 0 Å². The van der Waals surface area contributed by atoms with Crippen molar-refractivity contribution in [1.82, 2.24) is 0 Å². The maximum absolute atomic E-state index is 14.8. The van der Waals surface area contributed by atoms with Gasteiger partial charge >= 0.3 is 71.1 Å². The third-order valence-corrected chi connectivity index (χ3v) is 14.1. The van der Waals surface area contributed by atoms with E-state index in [2.05, 4.69) is 9.47 Å². The fourth-order valence-corrected chi connectivity index (χ4v) is 9.19. The van der Waals surface area contributed by atoms with Gasteiger partial charge in [0, 0.05) is 34.1 Å². The maximum atomic E-state index is 14.8. The molecule has 70 heavy (non-hydrogen) atoms. The first kappa shape index (κ1) is 64.1. The maximum Gasteiger partial charge on any atom is 1.00 e. The summed E-state index contributed by atoms with van der Waals surface area (Å²) in [6.07, 6.45) is -1.17. The van der Waals surface area contributed by atoms with Crippen molar-refractivity contribution in [3.8, 4) is 11.5 Å². The van der Waals surface area contributed by atoms with Gasteiger partial charge in [-0.25, -0.2) is 44.0 Å². The van der Waals surface area contributed by atoms with E-state index in [0.717, 1.165) is 0 Å². The summed E-state index contributed by atoms with van der Waals surface area (Å²) in [5.74, 6) is -20.0. The number of esters is 2. The third-order valence-electron chi connectivity index (χ3n) is 9.35. The Morgan fingerprint density at radius 2 is 0.814 bits per heavy atom. The SMILES string of the molecule is O=C(OCCSSCCOC(=O)c1ccc(CCC(Cl)c2c(F)c(F)c(OCCCS(=O)(=O)[O-])c(F)c2F)cc1)c1ccc(CCC(Cl)c2c(F)c(F)c(OCCCS(=O)(=O)[O-])c(F)c2F)cc1.[Na+].[Na+]. The predicted octanol–water partition coefficient (Wildman–Crippen LogP) is 3.66. The molecule has 0 amide bonds. The van der Waals surface area contributed by atoms with Crippen LogP contribution in [0.3, 0.4) is 0 Å². The standard InChI is InChI=1S/C42H40Cl2F8O12S4.2Na/c43-27(29-31(45)35(49)39(36(50)32(29)46)61-15-1-21-67(55,56)57)13-7-23-3-9-25(10-4-23)41(53)63-17-19-65-66-20-18-64-42(54)26-11-5-24(6-12-26)8-14-28(44)30-33(47)37(51)40(38(52)34(30)48)62-16-2-22-68(58,59)60;;/h3-6,9-12,27-28H,1-2,7-8,13-22H2,(H,55,56,57)(H,58,59,60);;/q;2*+1/p-2. The Bertz CT molecular complexity index is 2390. The van der Waals surface area contributed by atoms with Gasteiger partial charge in [-0.3, -0.25) is 0 Å². The minimum absolute atomic E-state index is 0. The van der Waals surface area contributed by atoms with Crippen LogP contribution in [0.25, 0.3) is 0 Å². The summed E-state index contributed by atoms with van der Waals surface area (Å²) in [5.41, 5.74) is -0.668. The van der Waals surface area contributed by atoms with Crippen molar-refractivity contribution in [2.45, 2.75) is 49.3 Å². The first-order valence-electron chi connectivity index (χ1n) is 19.9. The number of carbonyl (C=O) groups is 2. The number of carbonyl (C=O) groups excluding carboxylic acids is 2. The van der Waals surface area contributed by atoms with Gasteiger partial charge in [-0.1, -0.05) is 45.9 Å². The van der Waals surface area contributed by atoms with E-state index in [1.165, 1.54) is 70.1 Å². The van der Waals surface area contributed by atoms with Crippen molar-refractivity contribution < 1.29 is 149 Å². The topological polar surface area (TPSA) is 185 Å². The summed E-state index contributed by atoms with van der Waals surface area (Å²) in [6.45, 7) is -1.36. The van der Waals surface area contributed by atoms with Gasteiger partial charge in [-0.15, -0.1) is 23.2 Å². The van der Waals surface area contributed by atoms with Crippen molar-refractivity contribution in [3.63, 3.8) is 0 Å². The van der Waals surface area contributed by atoms with Crippen LogP contribution in [0, 0.1) is 46.5 Å². The van der Waals surface area contributed by atoms with Crippen LogP contribution in [0.4, 0.5) is 35.1 Å². The zero-order chi connectivity index (χ0) is 50.3. The Hall–Kier alpha value is -2.04. The third kappa shape index (κ3) is 19.7. The molecule has 0 saturated carbocycles. The number of aryl methyl sites for hydroxylation is 2. The van der Waals surface area contributed by atoms with E-state index in [-0.39, 0.29) is 109 Å². The van der Waals surface area contributed by atoms with Crippen LogP contribution in [0.15, 0.2) is 48.5 Å². The Balaban J connectivity index is 0.00000840. The van der Waals surface area contributed by atoms with E-state index in [4.69, 9.17) is 32.7 Å². The summed E-state index contributed by atoms with van der Waals surface area (Å²) in [6, 6.07) is 11.8. The van der Waals surface area contributed by atoms with Crippen molar-refractivity contribution in [1.29, 1.82) is 0 Å². The molecule has 2 unspecified atom stereocenters. The van der Waals surface area contributed by atoms with Crippen LogP contribution in [0.1, 0.15) is 79.4 Å². The first-order valence-corrected chi connectivity index (χ1v) is 26.4. The molecule has 0 aliphatic carbocycles. The van der Waals surface area contributed by atoms with E-state index in [9.17, 15) is 70.7 Å².